The van der Waals surface area contributed by atoms with Crippen LogP contribution in [0.5, 0.6) is 0 Å². The molecule has 0 saturated heterocycles. The Morgan fingerprint density at radius 3 is 2.16 bits per heavy atom. The summed E-state index contributed by atoms with van der Waals surface area (Å²) in [6, 6.07) is 8.76. The molecule has 44 heavy (non-hydrogen) atoms. The van der Waals surface area contributed by atoms with Gasteiger partial charge in [0, 0.05) is 24.8 Å². The summed E-state index contributed by atoms with van der Waals surface area (Å²) in [6.45, 7) is -0.169. The lowest BCUT2D eigenvalue weighted by atomic mass is 9.81. The van der Waals surface area contributed by atoms with E-state index in [1.807, 2.05) is 0 Å². The molecule has 0 spiro atoms. The molecular formula is C28H30F8N4O4. The maximum absolute atomic E-state index is 15.3. The maximum atomic E-state index is 15.3. The fourth-order valence-electron chi connectivity index (χ4n) is 4.74. The predicted molar refractivity (Wildman–Crippen MR) is 142 cm³/mol. The first-order valence-electron chi connectivity index (χ1n) is 13.4. The minimum atomic E-state index is -3.67. The van der Waals surface area contributed by atoms with Crippen LogP contribution in [0.1, 0.15) is 49.1 Å². The first-order chi connectivity index (χ1) is 20.7. The summed E-state index contributed by atoms with van der Waals surface area (Å²) in [7, 11) is 0. The summed E-state index contributed by atoms with van der Waals surface area (Å²) in [6.07, 6.45) is -14.0. The highest BCUT2D eigenvalue weighted by Gasteiger charge is 2.41. The van der Waals surface area contributed by atoms with Gasteiger partial charge in [-0.1, -0.05) is 36.4 Å². The van der Waals surface area contributed by atoms with E-state index in [1.165, 1.54) is 5.32 Å². The number of halogens is 8. The molecule has 2 aromatic rings. The van der Waals surface area contributed by atoms with E-state index in [9.17, 15) is 45.1 Å². The standard InChI is InChI=1S/C28H30F8N4O4/c29-19(30)12-17(25(41)40-24(34)23(32)33)16-6-7-18(21(37)20(16)31)38-26(42)22(15-8-10-28(35,36)11-9-15)39-27(43)44-13-14-4-2-1-3-5-14/h1-7,15,17,19,22-24H,8-13,37H2,(H,38,42)(H,39,43)(H,40,41)/t17-,22-,24?/m0/s1. The Bertz CT molecular complexity index is 1290. The van der Waals surface area contributed by atoms with Crippen molar-refractivity contribution in [1.82, 2.24) is 10.6 Å². The number of amides is 3. The number of alkyl carbamates (subject to hydrolysis) is 1. The Hall–Kier alpha value is -4.11. The van der Waals surface area contributed by atoms with Gasteiger partial charge in [-0.05, 0) is 30.4 Å². The number of nitrogen functional groups attached to an aromatic ring is 1. The molecule has 0 radical (unpaired) electrons. The molecule has 3 amide bonds. The highest BCUT2D eigenvalue weighted by molar-refractivity contribution is 5.99. The van der Waals surface area contributed by atoms with Crippen molar-refractivity contribution in [1.29, 1.82) is 0 Å². The minimum absolute atomic E-state index is 0.161. The zero-order chi connectivity index (χ0) is 32.6. The SMILES string of the molecule is Nc1c(NC(=O)[C@@H](NC(=O)OCc2ccccc2)C2CCC(F)(F)CC2)ccc([C@H](CC(F)F)C(=O)NC(F)C(F)F)c1F. The van der Waals surface area contributed by atoms with Gasteiger partial charge in [0.2, 0.25) is 30.5 Å². The van der Waals surface area contributed by atoms with Crippen LogP contribution in [0.15, 0.2) is 42.5 Å². The van der Waals surface area contributed by atoms with E-state index < -0.39 is 103 Å². The van der Waals surface area contributed by atoms with Crippen molar-refractivity contribution in [2.75, 3.05) is 11.1 Å². The van der Waals surface area contributed by atoms with Crippen LogP contribution in [0.4, 0.5) is 51.3 Å². The van der Waals surface area contributed by atoms with Crippen molar-refractivity contribution >= 4 is 29.3 Å². The smallest absolute Gasteiger partial charge is 0.408 e. The lowest BCUT2D eigenvalue weighted by Gasteiger charge is -2.33. The quantitative estimate of drug-likeness (QED) is 0.131. The second kappa shape index (κ2) is 15.1. The monoisotopic (exact) mass is 638 g/mol. The van der Waals surface area contributed by atoms with Gasteiger partial charge in [-0.15, -0.1) is 0 Å². The summed E-state index contributed by atoms with van der Waals surface area (Å²) in [4.78, 5) is 38.1. The topological polar surface area (TPSA) is 123 Å². The number of carbonyl (C=O) groups is 3. The third kappa shape index (κ3) is 9.44. The van der Waals surface area contributed by atoms with Crippen LogP contribution in [0.2, 0.25) is 0 Å². The lowest BCUT2D eigenvalue weighted by molar-refractivity contribution is -0.127. The Morgan fingerprint density at radius 1 is 0.932 bits per heavy atom. The van der Waals surface area contributed by atoms with Crippen LogP contribution in [0, 0.1) is 11.7 Å². The molecule has 5 N–H and O–H groups in total. The van der Waals surface area contributed by atoms with Gasteiger partial charge in [0.1, 0.15) is 12.6 Å². The van der Waals surface area contributed by atoms with E-state index in [-0.39, 0.29) is 19.4 Å². The van der Waals surface area contributed by atoms with Crippen molar-refractivity contribution in [3.63, 3.8) is 0 Å². The molecule has 1 saturated carbocycles. The molecule has 0 heterocycles. The number of anilines is 2. The Kier molecular flexibility index (Phi) is 11.8. The molecule has 3 atom stereocenters. The molecule has 0 aromatic heterocycles. The van der Waals surface area contributed by atoms with E-state index in [0.717, 1.165) is 12.1 Å². The number of hydrogen-bond acceptors (Lipinski definition) is 5. The van der Waals surface area contributed by atoms with Crippen LogP contribution >= 0.6 is 0 Å². The average molecular weight is 639 g/mol. The summed E-state index contributed by atoms with van der Waals surface area (Å²) in [5.41, 5.74) is 4.32. The molecule has 0 aliphatic heterocycles. The molecule has 2 aromatic carbocycles. The van der Waals surface area contributed by atoms with Gasteiger partial charge in [0.05, 0.1) is 17.3 Å². The van der Waals surface area contributed by atoms with E-state index in [4.69, 9.17) is 10.5 Å². The molecule has 1 fully saturated rings. The molecule has 1 aliphatic rings. The van der Waals surface area contributed by atoms with Gasteiger partial charge in [0.25, 0.3) is 6.43 Å². The van der Waals surface area contributed by atoms with Crippen molar-refractivity contribution < 1.29 is 54.2 Å². The van der Waals surface area contributed by atoms with E-state index >= 15 is 4.39 Å². The molecule has 16 heteroatoms. The maximum Gasteiger partial charge on any atom is 0.408 e. The number of ether oxygens (including phenoxy) is 1. The number of rotatable bonds is 12. The summed E-state index contributed by atoms with van der Waals surface area (Å²) in [5.74, 6) is -9.99. The minimum Gasteiger partial charge on any atom is -0.445 e. The molecule has 1 unspecified atom stereocenters. The molecular weight excluding hydrogens is 608 g/mol. The van der Waals surface area contributed by atoms with Gasteiger partial charge < -0.3 is 26.4 Å². The van der Waals surface area contributed by atoms with Crippen molar-refractivity contribution in [2.24, 2.45) is 5.92 Å². The average Bonchev–Trinajstić information content (AvgIpc) is 2.96. The highest BCUT2D eigenvalue weighted by atomic mass is 19.3. The summed E-state index contributed by atoms with van der Waals surface area (Å²) >= 11 is 0. The number of alkyl halides is 7. The molecule has 8 nitrogen and oxygen atoms in total. The van der Waals surface area contributed by atoms with Crippen LogP contribution < -0.4 is 21.7 Å². The van der Waals surface area contributed by atoms with Gasteiger partial charge >= 0.3 is 6.09 Å². The van der Waals surface area contributed by atoms with Crippen LogP contribution in [-0.4, -0.2) is 49.0 Å². The van der Waals surface area contributed by atoms with E-state index in [1.54, 1.807) is 30.3 Å². The number of nitrogens with two attached hydrogens (primary N) is 1. The first-order valence-corrected chi connectivity index (χ1v) is 13.4. The normalized spacial score (nSPS) is 17.0. The number of hydrogen-bond donors (Lipinski definition) is 4. The van der Waals surface area contributed by atoms with Crippen LogP contribution in [-0.2, 0) is 20.9 Å². The Labute approximate surface area is 246 Å². The number of benzene rings is 2. The van der Waals surface area contributed by atoms with Crippen molar-refractivity contribution in [2.45, 2.75) is 75.7 Å². The van der Waals surface area contributed by atoms with Gasteiger partial charge in [-0.2, -0.15) is 0 Å². The second-order valence-electron chi connectivity index (χ2n) is 10.2. The lowest BCUT2D eigenvalue weighted by Crippen LogP contribution is -2.50. The van der Waals surface area contributed by atoms with Gasteiger partial charge in [-0.25, -0.2) is 39.9 Å². The molecule has 3 rings (SSSR count). The highest BCUT2D eigenvalue weighted by Crippen LogP contribution is 2.38. The summed E-state index contributed by atoms with van der Waals surface area (Å²) in [5, 5.41) is 5.81. The Balaban J connectivity index is 1.81. The largest absolute Gasteiger partial charge is 0.445 e. The van der Waals surface area contributed by atoms with Gasteiger partial charge in [0.15, 0.2) is 5.82 Å². The van der Waals surface area contributed by atoms with Crippen molar-refractivity contribution in [3.8, 4) is 0 Å². The molecule has 0 bridgehead atoms. The fourth-order valence-corrected chi connectivity index (χ4v) is 4.74. The zero-order valence-electron chi connectivity index (χ0n) is 23.0. The third-order valence-corrected chi connectivity index (χ3v) is 7.08. The second-order valence-corrected chi connectivity index (χ2v) is 10.2. The zero-order valence-corrected chi connectivity index (χ0v) is 23.0. The first kappa shape index (κ1) is 34.4. The summed E-state index contributed by atoms with van der Waals surface area (Å²) < 4.78 is 113. The molecule has 242 valence electrons. The fraction of sp³-hybridized carbons (Fsp3) is 0.464. The van der Waals surface area contributed by atoms with Crippen LogP contribution in [0.3, 0.4) is 0 Å². The number of nitrogens with one attached hydrogen (secondary N) is 3. The predicted octanol–water partition coefficient (Wildman–Crippen LogP) is 5.88. The Morgan fingerprint density at radius 2 is 1.57 bits per heavy atom. The number of carbonyl (C=O) groups excluding carboxylic acids is 3. The van der Waals surface area contributed by atoms with E-state index in [2.05, 4.69) is 10.6 Å². The van der Waals surface area contributed by atoms with E-state index in [0.29, 0.717) is 5.56 Å². The third-order valence-electron chi connectivity index (χ3n) is 7.08. The molecule has 1 aliphatic carbocycles. The van der Waals surface area contributed by atoms with Crippen molar-refractivity contribution in [3.05, 3.63) is 59.4 Å². The van der Waals surface area contributed by atoms with Gasteiger partial charge in [-0.3, -0.25) is 9.59 Å². The van der Waals surface area contributed by atoms with Crippen LogP contribution in [0.25, 0.3) is 0 Å².